The summed E-state index contributed by atoms with van der Waals surface area (Å²) in [4.78, 5) is 16.0. The van der Waals surface area contributed by atoms with Crippen molar-refractivity contribution in [2.24, 2.45) is 5.92 Å². The van der Waals surface area contributed by atoms with Gasteiger partial charge in [0.1, 0.15) is 5.75 Å². The van der Waals surface area contributed by atoms with Gasteiger partial charge >= 0.3 is 0 Å². The second-order valence-electron chi connectivity index (χ2n) is 8.16. The Morgan fingerprint density at radius 1 is 0.969 bits per heavy atom. The molecule has 0 atom stereocenters. The molecule has 168 valence electrons. The molecule has 4 rings (SSSR count). The fourth-order valence-corrected chi connectivity index (χ4v) is 4.35. The van der Waals surface area contributed by atoms with E-state index < -0.39 is 9.84 Å². The monoisotopic (exact) mass is 452 g/mol. The van der Waals surface area contributed by atoms with Crippen LogP contribution in [0, 0.1) is 5.92 Å². The van der Waals surface area contributed by atoms with E-state index in [-0.39, 0.29) is 0 Å². The molecule has 8 heteroatoms. The van der Waals surface area contributed by atoms with Gasteiger partial charge < -0.3 is 9.64 Å². The molecule has 3 heterocycles. The molecule has 1 saturated heterocycles. The molecule has 0 radical (unpaired) electrons. The molecule has 32 heavy (non-hydrogen) atoms. The van der Waals surface area contributed by atoms with E-state index in [1.165, 1.54) is 6.26 Å². The molecule has 0 amide bonds. The Balaban J connectivity index is 1.27. The summed E-state index contributed by atoms with van der Waals surface area (Å²) in [5.41, 5.74) is 2.80. The van der Waals surface area contributed by atoms with Gasteiger partial charge in [0.15, 0.2) is 9.84 Å². The van der Waals surface area contributed by atoms with Crippen LogP contribution >= 0.6 is 0 Å². The average Bonchev–Trinajstić information content (AvgIpc) is 2.83. The van der Waals surface area contributed by atoms with Crippen molar-refractivity contribution in [1.29, 1.82) is 0 Å². The Morgan fingerprint density at radius 3 is 2.22 bits per heavy atom. The van der Waals surface area contributed by atoms with E-state index in [0.29, 0.717) is 17.4 Å². The maximum Gasteiger partial charge on any atom is 0.225 e. The van der Waals surface area contributed by atoms with Gasteiger partial charge in [-0.05, 0) is 55.0 Å². The molecular weight excluding hydrogens is 424 g/mol. The molecule has 1 aliphatic rings. The van der Waals surface area contributed by atoms with E-state index in [0.717, 1.165) is 60.9 Å². The Kier molecular flexibility index (Phi) is 6.69. The first kappa shape index (κ1) is 22.2. The number of anilines is 1. The highest BCUT2D eigenvalue weighted by Gasteiger charge is 2.21. The fourth-order valence-electron chi connectivity index (χ4n) is 3.72. The lowest BCUT2D eigenvalue weighted by molar-refractivity contribution is 0.222. The predicted molar refractivity (Wildman–Crippen MR) is 125 cm³/mol. The first-order chi connectivity index (χ1) is 15.4. The van der Waals surface area contributed by atoms with E-state index >= 15 is 0 Å². The van der Waals surface area contributed by atoms with Gasteiger partial charge in [-0.15, -0.1) is 0 Å². The van der Waals surface area contributed by atoms with E-state index in [1.54, 1.807) is 30.5 Å². The van der Waals surface area contributed by atoms with Gasteiger partial charge in [0.25, 0.3) is 0 Å². The molecule has 0 bridgehead atoms. The van der Waals surface area contributed by atoms with Gasteiger partial charge in [0.2, 0.25) is 5.95 Å². The third-order valence-corrected chi connectivity index (χ3v) is 6.93. The fraction of sp³-hybridized carbons (Fsp3) is 0.375. The highest BCUT2D eigenvalue weighted by atomic mass is 32.2. The van der Waals surface area contributed by atoms with Gasteiger partial charge in [-0.3, -0.25) is 4.98 Å². The number of hydrogen-bond acceptors (Lipinski definition) is 7. The third kappa shape index (κ3) is 5.43. The van der Waals surface area contributed by atoms with Crippen molar-refractivity contribution < 1.29 is 13.2 Å². The summed E-state index contributed by atoms with van der Waals surface area (Å²) in [6.45, 7) is 4.62. The van der Waals surface area contributed by atoms with Crippen molar-refractivity contribution in [2.75, 3.05) is 30.9 Å². The van der Waals surface area contributed by atoms with Crippen LogP contribution in [0.25, 0.3) is 11.3 Å². The lowest BCUT2D eigenvalue weighted by atomic mass is 9.98. The molecular formula is C24H28N4O3S. The van der Waals surface area contributed by atoms with E-state index in [9.17, 15) is 8.42 Å². The van der Waals surface area contributed by atoms with Gasteiger partial charge in [-0.2, -0.15) is 0 Å². The molecule has 0 spiro atoms. The number of benzene rings is 1. The Bertz CT molecular complexity index is 1120. The molecule has 0 N–H and O–H groups in total. The first-order valence-electron chi connectivity index (χ1n) is 10.9. The normalized spacial score (nSPS) is 15.0. The zero-order valence-corrected chi connectivity index (χ0v) is 19.3. The second kappa shape index (κ2) is 9.65. The van der Waals surface area contributed by atoms with Crippen molar-refractivity contribution in [1.82, 2.24) is 15.0 Å². The summed E-state index contributed by atoms with van der Waals surface area (Å²) < 4.78 is 29.2. The van der Waals surface area contributed by atoms with Crippen LogP contribution in [0.1, 0.15) is 25.3 Å². The summed E-state index contributed by atoms with van der Waals surface area (Å²) in [5.74, 6) is 2.04. The molecule has 1 aliphatic heterocycles. The van der Waals surface area contributed by atoms with Crippen LogP contribution in [0.5, 0.6) is 5.75 Å². The summed E-state index contributed by atoms with van der Waals surface area (Å²) >= 11 is 0. The maximum absolute atomic E-state index is 11.6. The Hall–Kier alpha value is -3.00. The minimum atomic E-state index is -3.20. The number of ether oxygens (including phenoxy) is 1. The molecule has 2 aromatic heterocycles. The van der Waals surface area contributed by atoms with E-state index in [2.05, 4.69) is 26.8 Å². The number of aromatic nitrogens is 3. The van der Waals surface area contributed by atoms with Crippen LogP contribution in [0.15, 0.2) is 59.9 Å². The molecule has 3 aromatic rings. The molecule has 7 nitrogen and oxygen atoms in total. The van der Waals surface area contributed by atoms with Gasteiger partial charge in [0, 0.05) is 37.3 Å². The zero-order valence-electron chi connectivity index (χ0n) is 18.4. The van der Waals surface area contributed by atoms with Crippen molar-refractivity contribution >= 4 is 15.8 Å². The highest BCUT2D eigenvalue weighted by molar-refractivity contribution is 7.90. The number of sulfone groups is 1. The predicted octanol–water partition coefficient (Wildman–Crippen LogP) is 3.80. The molecule has 0 unspecified atom stereocenters. The van der Waals surface area contributed by atoms with E-state index in [1.807, 2.05) is 24.5 Å². The van der Waals surface area contributed by atoms with Crippen LogP contribution in [0.4, 0.5) is 5.95 Å². The largest absolute Gasteiger partial charge is 0.492 e. The minimum Gasteiger partial charge on any atom is -0.492 e. The maximum atomic E-state index is 11.6. The van der Waals surface area contributed by atoms with Gasteiger partial charge in [0.05, 0.1) is 23.4 Å². The quantitative estimate of drug-likeness (QED) is 0.539. The SMILES string of the molecule is CCc1cnc(N2CCC(COc3ccc(-c4ccc(S(C)(=O)=O)cc4)nc3)CC2)nc1. The van der Waals surface area contributed by atoms with Crippen LogP contribution in [-0.4, -0.2) is 49.3 Å². The Labute approximate surface area is 189 Å². The number of nitrogens with zero attached hydrogens (tertiary/aromatic N) is 4. The summed E-state index contributed by atoms with van der Waals surface area (Å²) in [7, 11) is -3.20. The average molecular weight is 453 g/mol. The van der Waals surface area contributed by atoms with Crippen LogP contribution in [0.3, 0.4) is 0 Å². The number of piperidine rings is 1. The first-order valence-corrected chi connectivity index (χ1v) is 12.8. The van der Waals surface area contributed by atoms with Crippen molar-refractivity contribution in [3.63, 3.8) is 0 Å². The van der Waals surface area contributed by atoms with Crippen molar-refractivity contribution in [3.05, 3.63) is 60.6 Å². The minimum absolute atomic E-state index is 0.303. The molecule has 1 aromatic carbocycles. The lowest BCUT2D eigenvalue weighted by Crippen LogP contribution is -2.36. The zero-order chi connectivity index (χ0) is 22.6. The number of aryl methyl sites for hydroxylation is 1. The third-order valence-electron chi connectivity index (χ3n) is 5.80. The van der Waals surface area contributed by atoms with Crippen LogP contribution < -0.4 is 9.64 Å². The van der Waals surface area contributed by atoms with Crippen LogP contribution in [-0.2, 0) is 16.3 Å². The topological polar surface area (TPSA) is 85.3 Å². The summed E-state index contributed by atoms with van der Waals surface area (Å²) in [5, 5.41) is 0. The van der Waals surface area contributed by atoms with Crippen molar-refractivity contribution in [2.45, 2.75) is 31.1 Å². The molecule has 0 saturated carbocycles. The summed E-state index contributed by atoms with van der Waals surface area (Å²) in [6.07, 6.45) is 9.77. The molecule has 1 fully saturated rings. The standard InChI is InChI=1S/C24H28N4O3S/c1-3-18-14-26-24(27-15-18)28-12-10-19(11-13-28)17-31-21-6-9-23(25-16-21)20-4-7-22(8-5-20)32(2,29)30/h4-9,14-16,19H,3,10-13,17H2,1-2H3. The number of rotatable bonds is 7. The summed E-state index contributed by atoms with van der Waals surface area (Å²) in [6, 6.07) is 10.5. The van der Waals surface area contributed by atoms with Gasteiger partial charge in [-0.25, -0.2) is 18.4 Å². The number of pyridine rings is 1. The highest BCUT2D eigenvalue weighted by Crippen LogP contribution is 2.24. The Morgan fingerprint density at radius 2 is 1.66 bits per heavy atom. The van der Waals surface area contributed by atoms with Gasteiger partial charge in [-0.1, -0.05) is 19.1 Å². The van der Waals surface area contributed by atoms with E-state index in [4.69, 9.17) is 4.74 Å². The molecule has 0 aliphatic carbocycles. The lowest BCUT2D eigenvalue weighted by Gasteiger charge is -2.31. The van der Waals surface area contributed by atoms with Crippen LogP contribution in [0.2, 0.25) is 0 Å². The second-order valence-corrected chi connectivity index (χ2v) is 10.2. The smallest absolute Gasteiger partial charge is 0.225 e. The number of hydrogen-bond donors (Lipinski definition) is 0. The van der Waals surface area contributed by atoms with Crippen molar-refractivity contribution in [3.8, 4) is 17.0 Å².